The van der Waals surface area contributed by atoms with Crippen molar-refractivity contribution in [1.29, 1.82) is 0 Å². The number of hydrogen-bond acceptors (Lipinski definition) is 7. The first kappa shape index (κ1) is 18.9. The van der Waals surface area contributed by atoms with Gasteiger partial charge in [-0.1, -0.05) is 6.07 Å². The van der Waals surface area contributed by atoms with Gasteiger partial charge in [0.2, 0.25) is 0 Å². The van der Waals surface area contributed by atoms with Crippen LogP contribution in [0.4, 0.5) is 5.69 Å². The van der Waals surface area contributed by atoms with Crippen LogP contribution in [0.25, 0.3) is 5.70 Å². The molecule has 1 unspecified atom stereocenters. The zero-order valence-corrected chi connectivity index (χ0v) is 17.6. The second-order valence-electron chi connectivity index (χ2n) is 8.20. The number of methoxy groups -OCH3 is 1. The first-order valence-electron chi connectivity index (χ1n) is 10.5. The molecule has 30 heavy (non-hydrogen) atoms. The van der Waals surface area contributed by atoms with E-state index in [-0.39, 0.29) is 6.04 Å². The Bertz CT molecular complexity index is 1000. The van der Waals surface area contributed by atoms with Gasteiger partial charge >= 0.3 is 0 Å². The summed E-state index contributed by atoms with van der Waals surface area (Å²) in [4.78, 5) is 14.3. The van der Waals surface area contributed by atoms with Crippen molar-refractivity contribution in [3.8, 4) is 5.75 Å². The van der Waals surface area contributed by atoms with Crippen LogP contribution >= 0.6 is 0 Å². The van der Waals surface area contributed by atoms with Crippen LogP contribution < -0.4 is 20.7 Å². The van der Waals surface area contributed by atoms with Crippen LogP contribution in [-0.4, -0.2) is 56.2 Å². The predicted octanol–water partition coefficient (Wildman–Crippen LogP) is 2.16. The summed E-state index contributed by atoms with van der Waals surface area (Å²) in [7, 11) is 3.86. The van der Waals surface area contributed by atoms with Crippen molar-refractivity contribution >= 4 is 17.3 Å². The summed E-state index contributed by atoms with van der Waals surface area (Å²) >= 11 is 0. The van der Waals surface area contributed by atoms with Crippen molar-refractivity contribution < 1.29 is 4.74 Å². The smallest absolute Gasteiger partial charge is 0.194 e. The molecule has 3 heterocycles. The molecule has 7 nitrogen and oxygen atoms in total. The summed E-state index contributed by atoms with van der Waals surface area (Å²) in [6.07, 6.45) is 3.89. The predicted molar refractivity (Wildman–Crippen MR) is 120 cm³/mol. The van der Waals surface area contributed by atoms with Crippen molar-refractivity contribution in [3.05, 3.63) is 58.9 Å². The van der Waals surface area contributed by atoms with Crippen LogP contribution in [0.15, 0.2) is 47.1 Å². The summed E-state index contributed by atoms with van der Waals surface area (Å²) in [6, 6.07) is 10.4. The summed E-state index contributed by atoms with van der Waals surface area (Å²) in [5.74, 6) is 1.27. The highest BCUT2D eigenvalue weighted by Crippen LogP contribution is 2.41. The van der Waals surface area contributed by atoms with Gasteiger partial charge in [-0.2, -0.15) is 0 Å². The van der Waals surface area contributed by atoms with Gasteiger partial charge in [0, 0.05) is 31.7 Å². The third-order valence-electron chi connectivity index (χ3n) is 6.34. The van der Waals surface area contributed by atoms with Crippen molar-refractivity contribution in [1.82, 2.24) is 15.2 Å². The third kappa shape index (κ3) is 3.39. The van der Waals surface area contributed by atoms with E-state index >= 15 is 0 Å². The number of anilines is 1. The zero-order chi connectivity index (χ0) is 20.7. The molecule has 2 aromatic rings. The van der Waals surface area contributed by atoms with E-state index in [9.17, 15) is 0 Å². The van der Waals surface area contributed by atoms with Crippen LogP contribution in [-0.2, 0) is 6.42 Å². The number of nitrogens with one attached hydrogen (secondary N) is 1. The first-order valence-corrected chi connectivity index (χ1v) is 10.5. The van der Waals surface area contributed by atoms with Gasteiger partial charge in [0.1, 0.15) is 11.8 Å². The highest BCUT2D eigenvalue weighted by molar-refractivity contribution is 5.92. The highest BCUT2D eigenvalue weighted by atomic mass is 16.5. The van der Waals surface area contributed by atoms with Gasteiger partial charge in [0.25, 0.3) is 0 Å². The number of guanidine groups is 1. The van der Waals surface area contributed by atoms with E-state index in [1.165, 1.54) is 16.8 Å². The van der Waals surface area contributed by atoms with Crippen LogP contribution in [0, 0.1) is 0 Å². The Morgan fingerprint density at radius 3 is 2.67 bits per heavy atom. The Labute approximate surface area is 177 Å². The molecule has 1 aliphatic carbocycles. The largest absolute Gasteiger partial charge is 0.497 e. The number of fused-ring (bicyclic) bond motifs is 2. The molecule has 0 saturated carbocycles. The van der Waals surface area contributed by atoms with E-state index in [2.05, 4.69) is 46.4 Å². The van der Waals surface area contributed by atoms with Gasteiger partial charge in [-0.05, 0) is 55.3 Å². The number of aryl methyl sites for hydroxylation is 1. The number of hydrogen-bond donors (Lipinski definition) is 2. The minimum absolute atomic E-state index is 0.151. The fourth-order valence-electron chi connectivity index (χ4n) is 4.55. The second-order valence-corrected chi connectivity index (χ2v) is 8.20. The first-order chi connectivity index (χ1) is 14.6. The van der Waals surface area contributed by atoms with Gasteiger partial charge in [-0.3, -0.25) is 4.98 Å². The van der Waals surface area contributed by atoms with E-state index < -0.39 is 0 Å². The van der Waals surface area contributed by atoms with Crippen LogP contribution in [0.2, 0.25) is 0 Å². The molecule has 156 valence electrons. The molecule has 3 aliphatic rings. The molecule has 0 bridgehead atoms. The quantitative estimate of drug-likeness (QED) is 0.816. The number of rotatable bonds is 3. The van der Waals surface area contributed by atoms with Gasteiger partial charge < -0.3 is 25.6 Å². The van der Waals surface area contributed by atoms with Gasteiger partial charge in [0.15, 0.2) is 5.96 Å². The molecule has 2 aliphatic heterocycles. The Balaban J connectivity index is 1.46. The third-order valence-corrected chi connectivity index (χ3v) is 6.34. The molecule has 1 aromatic heterocycles. The molecule has 7 heteroatoms. The second kappa shape index (κ2) is 7.65. The Hall–Kier alpha value is -3.06. The Morgan fingerprint density at radius 1 is 1.10 bits per heavy atom. The lowest BCUT2D eigenvalue weighted by Crippen LogP contribution is -2.44. The number of ether oxygens (including phenoxy) is 1. The Kier molecular flexibility index (Phi) is 4.83. The van der Waals surface area contributed by atoms with Gasteiger partial charge in [-0.25, -0.2) is 4.99 Å². The van der Waals surface area contributed by atoms with Crippen molar-refractivity contribution in [2.24, 2.45) is 10.7 Å². The van der Waals surface area contributed by atoms with Crippen LogP contribution in [0.5, 0.6) is 5.75 Å². The van der Waals surface area contributed by atoms with Crippen LogP contribution in [0.1, 0.15) is 29.3 Å². The average molecular weight is 405 g/mol. The maximum Gasteiger partial charge on any atom is 0.194 e. The summed E-state index contributed by atoms with van der Waals surface area (Å²) in [6.45, 7) is 4.22. The molecule has 5 rings (SSSR count). The normalized spacial score (nSPS) is 21.5. The minimum atomic E-state index is -0.151. The zero-order valence-electron chi connectivity index (χ0n) is 17.6. The fourth-order valence-corrected chi connectivity index (χ4v) is 4.55. The number of nitrogens with zero attached hydrogens (tertiary/aromatic N) is 4. The highest BCUT2D eigenvalue weighted by Gasteiger charge is 2.30. The van der Waals surface area contributed by atoms with E-state index in [1.54, 1.807) is 7.11 Å². The molecule has 0 spiro atoms. The maximum atomic E-state index is 6.19. The molecule has 1 saturated heterocycles. The molecule has 1 atom stereocenters. The lowest BCUT2D eigenvalue weighted by molar-refractivity contribution is 0.313. The van der Waals surface area contributed by atoms with Crippen molar-refractivity contribution in [2.45, 2.75) is 18.9 Å². The van der Waals surface area contributed by atoms with E-state index in [0.717, 1.165) is 61.7 Å². The monoisotopic (exact) mass is 404 g/mol. The number of pyridine rings is 1. The summed E-state index contributed by atoms with van der Waals surface area (Å²) in [5, 5.41) is 3.30. The van der Waals surface area contributed by atoms with E-state index in [4.69, 9.17) is 20.4 Å². The van der Waals surface area contributed by atoms with Gasteiger partial charge in [-0.15, -0.1) is 0 Å². The van der Waals surface area contributed by atoms with Gasteiger partial charge in [0.05, 0.1) is 30.4 Å². The molecule has 0 amide bonds. The topological polar surface area (TPSA) is 79.0 Å². The number of aromatic nitrogens is 1. The summed E-state index contributed by atoms with van der Waals surface area (Å²) in [5.41, 5.74) is 13.0. The van der Waals surface area contributed by atoms with Crippen molar-refractivity contribution in [3.63, 3.8) is 0 Å². The van der Waals surface area contributed by atoms with Crippen LogP contribution in [0.3, 0.4) is 0 Å². The van der Waals surface area contributed by atoms with Crippen molar-refractivity contribution in [2.75, 3.05) is 45.2 Å². The number of nitrogens with two attached hydrogens (primary N) is 1. The number of piperazine rings is 1. The lowest BCUT2D eigenvalue weighted by Gasteiger charge is -2.34. The molecule has 1 aromatic carbocycles. The fraction of sp³-hybridized carbons (Fsp3) is 0.391. The average Bonchev–Trinajstić information content (AvgIpc) is 2.79. The standard InChI is InChI=1S/C23H28N6O/c1-28-9-11-29(12-10-28)16-5-8-20(25-14-16)22-18-7-4-15-3-6-17(30-2)13-19(15)21(18)26-23(24)27-22/h3,5-6,8,13-14,22H,4,7,9-12H2,1-2H3,(H3,24,26,27). The lowest BCUT2D eigenvalue weighted by atomic mass is 9.84. The molecule has 3 N–H and O–H groups in total. The maximum absolute atomic E-state index is 6.19. The molecular formula is C23H28N6O. The number of aliphatic imine (C=N–C) groups is 1. The SMILES string of the molecule is COc1ccc2c(c1)C1=C(CC2)C(c2ccc(N3CCN(C)CC3)cn2)N=C(N)N1. The number of benzene rings is 1. The molecule has 0 radical (unpaired) electrons. The summed E-state index contributed by atoms with van der Waals surface area (Å²) < 4.78 is 5.44. The molecule has 1 fully saturated rings. The number of likely N-dealkylation sites (N-methyl/N-ethyl adjacent to an activating group) is 1. The van der Waals surface area contributed by atoms with E-state index in [1.807, 2.05) is 12.3 Å². The molecular weight excluding hydrogens is 376 g/mol. The Morgan fingerprint density at radius 2 is 1.93 bits per heavy atom. The van der Waals surface area contributed by atoms with E-state index in [0.29, 0.717) is 5.96 Å². The minimum Gasteiger partial charge on any atom is -0.497 e.